The molecule has 0 saturated heterocycles. The van der Waals surface area contributed by atoms with Crippen LogP contribution in [-0.4, -0.2) is 11.5 Å². The molecule has 118 valence electrons. The predicted molar refractivity (Wildman–Crippen MR) is 94.4 cm³/mol. The predicted octanol–water partition coefficient (Wildman–Crippen LogP) is 4.93. The van der Waals surface area contributed by atoms with E-state index in [9.17, 15) is 4.39 Å². The maximum atomic E-state index is 12.8. The quantitative estimate of drug-likeness (QED) is 0.640. The molecule has 0 unspecified atom stereocenters. The third-order valence-electron chi connectivity index (χ3n) is 3.46. The van der Waals surface area contributed by atoms with E-state index in [0.29, 0.717) is 0 Å². The average molecular weight is 347 g/mol. The summed E-state index contributed by atoms with van der Waals surface area (Å²) in [5, 5.41) is 5.16. The highest BCUT2D eigenvalue weighted by atomic mass is 35.5. The van der Waals surface area contributed by atoms with Gasteiger partial charge in [-0.25, -0.2) is 9.37 Å². The van der Waals surface area contributed by atoms with Crippen molar-refractivity contribution in [2.24, 2.45) is 0 Å². The molecular weight excluding hydrogens is 331 g/mol. The van der Waals surface area contributed by atoms with Crippen LogP contribution in [0.3, 0.4) is 0 Å². The molecule has 0 aliphatic rings. The summed E-state index contributed by atoms with van der Waals surface area (Å²) in [6, 6.07) is 14.4. The van der Waals surface area contributed by atoms with Gasteiger partial charge < -0.3 is 5.32 Å². The molecule has 5 heteroatoms. The van der Waals surface area contributed by atoms with Crippen LogP contribution in [0.4, 0.5) is 4.39 Å². The molecule has 0 radical (unpaired) electrons. The number of nitrogens with zero attached hydrogens (tertiary/aromatic N) is 1. The van der Waals surface area contributed by atoms with E-state index in [0.717, 1.165) is 45.5 Å². The Kier molecular flexibility index (Phi) is 5.39. The van der Waals surface area contributed by atoms with Crippen molar-refractivity contribution in [3.63, 3.8) is 0 Å². The molecule has 3 rings (SSSR count). The molecule has 23 heavy (non-hydrogen) atoms. The van der Waals surface area contributed by atoms with Crippen LogP contribution in [0.15, 0.2) is 54.7 Å². The van der Waals surface area contributed by atoms with Crippen LogP contribution < -0.4 is 5.32 Å². The smallest absolute Gasteiger partial charge is 0.123 e. The molecule has 0 spiro atoms. The molecule has 0 aliphatic carbocycles. The van der Waals surface area contributed by atoms with Crippen molar-refractivity contribution in [2.45, 2.75) is 13.0 Å². The Morgan fingerprint density at radius 1 is 1.04 bits per heavy atom. The molecule has 0 fully saturated rings. The summed E-state index contributed by atoms with van der Waals surface area (Å²) in [5.41, 5.74) is 2.25. The number of hydrogen-bond acceptors (Lipinski definition) is 3. The molecule has 1 N–H and O–H groups in total. The van der Waals surface area contributed by atoms with Crippen LogP contribution in [-0.2, 0) is 13.0 Å². The van der Waals surface area contributed by atoms with Crippen molar-refractivity contribution >= 4 is 22.9 Å². The average Bonchev–Trinajstić information content (AvgIpc) is 3.03. The van der Waals surface area contributed by atoms with Gasteiger partial charge in [-0.3, -0.25) is 0 Å². The van der Waals surface area contributed by atoms with E-state index in [1.165, 1.54) is 12.1 Å². The first-order valence-corrected chi connectivity index (χ1v) is 8.56. The van der Waals surface area contributed by atoms with E-state index >= 15 is 0 Å². The molecule has 0 bridgehead atoms. The van der Waals surface area contributed by atoms with E-state index in [1.54, 1.807) is 11.3 Å². The van der Waals surface area contributed by atoms with Gasteiger partial charge in [-0.15, -0.1) is 11.3 Å². The van der Waals surface area contributed by atoms with E-state index < -0.39 is 0 Å². The Morgan fingerprint density at radius 3 is 2.52 bits per heavy atom. The molecule has 1 heterocycles. The fourth-order valence-corrected chi connectivity index (χ4v) is 3.24. The molecule has 0 atom stereocenters. The number of aromatic nitrogens is 1. The second kappa shape index (κ2) is 7.68. The van der Waals surface area contributed by atoms with Crippen molar-refractivity contribution in [3.05, 3.63) is 76.1 Å². The van der Waals surface area contributed by atoms with Crippen LogP contribution >= 0.6 is 22.9 Å². The summed E-state index contributed by atoms with van der Waals surface area (Å²) in [5.74, 6) is -0.195. The Morgan fingerprint density at radius 2 is 1.78 bits per heavy atom. The van der Waals surface area contributed by atoms with Gasteiger partial charge in [-0.2, -0.15) is 0 Å². The molecule has 0 aliphatic heterocycles. The second-order valence-corrected chi connectivity index (χ2v) is 6.73. The number of nitrogens with one attached hydrogen (secondary N) is 1. The lowest BCUT2D eigenvalue weighted by atomic mass is 10.1. The Labute approximate surface area is 144 Å². The Hall–Kier alpha value is -1.75. The van der Waals surface area contributed by atoms with Crippen molar-refractivity contribution in [1.29, 1.82) is 0 Å². The first kappa shape index (κ1) is 16.1. The number of hydrogen-bond donors (Lipinski definition) is 1. The Bertz CT molecular complexity index is 753. The lowest BCUT2D eigenvalue weighted by Gasteiger charge is -2.03. The van der Waals surface area contributed by atoms with Crippen LogP contribution in [0.25, 0.3) is 10.4 Å². The number of halogens is 2. The minimum atomic E-state index is -0.195. The zero-order valence-corrected chi connectivity index (χ0v) is 14.0. The monoisotopic (exact) mass is 346 g/mol. The minimum Gasteiger partial charge on any atom is -0.310 e. The van der Waals surface area contributed by atoms with Gasteiger partial charge >= 0.3 is 0 Å². The summed E-state index contributed by atoms with van der Waals surface area (Å²) < 4.78 is 12.8. The maximum Gasteiger partial charge on any atom is 0.123 e. The molecule has 0 saturated carbocycles. The number of benzene rings is 2. The number of rotatable bonds is 6. The largest absolute Gasteiger partial charge is 0.310 e. The zero-order valence-electron chi connectivity index (χ0n) is 12.4. The lowest BCUT2D eigenvalue weighted by Crippen LogP contribution is -2.16. The van der Waals surface area contributed by atoms with E-state index in [2.05, 4.69) is 10.3 Å². The highest BCUT2D eigenvalue weighted by Gasteiger charge is 2.04. The highest BCUT2D eigenvalue weighted by molar-refractivity contribution is 7.15. The third kappa shape index (κ3) is 4.61. The number of thiazole rings is 1. The summed E-state index contributed by atoms with van der Waals surface area (Å²) in [4.78, 5) is 5.58. The minimum absolute atomic E-state index is 0.195. The first-order chi connectivity index (χ1) is 11.2. The molecule has 2 aromatic carbocycles. The van der Waals surface area contributed by atoms with Gasteiger partial charge in [-0.05, 0) is 48.4 Å². The molecule has 0 amide bonds. The Balaban J connectivity index is 1.49. The maximum absolute atomic E-state index is 12.8. The van der Waals surface area contributed by atoms with Crippen molar-refractivity contribution in [1.82, 2.24) is 10.3 Å². The van der Waals surface area contributed by atoms with E-state index in [4.69, 9.17) is 11.6 Å². The zero-order chi connectivity index (χ0) is 16.1. The van der Waals surface area contributed by atoms with Gasteiger partial charge in [0.15, 0.2) is 0 Å². The van der Waals surface area contributed by atoms with Crippen LogP contribution in [0, 0.1) is 5.82 Å². The van der Waals surface area contributed by atoms with Crippen LogP contribution in [0.2, 0.25) is 5.02 Å². The van der Waals surface area contributed by atoms with Gasteiger partial charge in [-0.1, -0.05) is 35.9 Å². The molecule has 1 aromatic heterocycles. The summed E-state index contributed by atoms with van der Waals surface area (Å²) in [7, 11) is 0. The third-order valence-corrected chi connectivity index (χ3v) is 4.76. The normalized spacial score (nSPS) is 10.9. The van der Waals surface area contributed by atoms with Gasteiger partial charge in [0, 0.05) is 17.8 Å². The second-order valence-electron chi connectivity index (χ2n) is 5.18. The van der Waals surface area contributed by atoms with Gasteiger partial charge in [0.05, 0.1) is 4.88 Å². The topological polar surface area (TPSA) is 24.9 Å². The van der Waals surface area contributed by atoms with Gasteiger partial charge in [0.2, 0.25) is 0 Å². The molecule has 2 nitrogen and oxygen atoms in total. The summed E-state index contributed by atoms with van der Waals surface area (Å²) >= 11 is 7.58. The van der Waals surface area contributed by atoms with E-state index in [1.807, 2.05) is 42.6 Å². The van der Waals surface area contributed by atoms with Crippen molar-refractivity contribution in [2.75, 3.05) is 6.54 Å². The first-order valence-electron chi connectivity index (χ1n) is 7.36. The fraction of sp³-hybridized carbons (Fsp3) is 0.167. The van der Waals surface area contributed by atoms with Crippen LogP contribution in [0.1, 0.15) is 10.6 Å². The lowest BCUT2D eigenvalue weighted by molar-refractivity contribution is 0.626. The van der Waals surface area contributed by atoms with Crippen molar-refractivity contribution < 1.29 is 4.39 Å². The van der Waals surface area contributed by atoms with Crippen molar-refractivity contribution in [3.8, 4) is 10.4 Å². The summed E-state index contributed by atoms with van der Waals surface area (Å²) in [6.45, 7) is 1.57. The molecule has 3 aromatic rings. The summed E-state index contributed by atoms with van der Waals surface area (Å²) in [6.07, 6.45) is 2.76. The molecular formula is C18H16ClFN2S. The van der Waals surface area contributed by atoms with Gasteiger partial charge in [0.25, 0.3) is 0 Å². The SMILES string of the molecule is Fc1ccc(CCNCc2ncc(-c3ccc(Cl)cc3)s2)cc1. The van der Waals surface area contributed by atoms with Crippen LogP contribution in [0.5, 0.6) is 0 Å². The van der Waals surface area contributed by atoms with Gasteiger partial charge in [0.1, 0.15) is 10.8 Å². The fourth-order valence-electron chi connectivity index (χ4n) is 2.22. The van der Waals surface area contributed by atoms with E-state index in [-0.39, 0.29) is 5.82 Å². The standard InChI is InChI=1S/C18H16ClFN2S/c19-15-5-3-14(4-6-15)17-11-22-18(23-17)12-21-10-9-13-1-7-16(20)8-2-13/h1-8,11,21H,9-10,12H2. The highest BCUT2D eigenvalue weighted by Crippen LogP contribution is 2.27.